The second kappa shape index (κ2) is 4.45. The van der Waals surface area contributed by atoms with Crippen molar-refractivity contribution in [2.75, 3.05) is 31.1 Å². The SMILES string of the molecule is CC1CS(=O)(=O)CCN1C(=O)C1CC12CCNCC2. The van der Waals surface area contributed by atoms with Crippen LogP contribution in [0.2, 0.25) is 0 Å². The van der Waals surface area contributed by atoms with Crippen LogP contribution in [0.15, 0.2) is 0 Å². The Morgan fingerprint density at radius 2 is 2.00 bits per heavy atom. The number of rotatable bonds is 1. The monoisotopic (exact) mass is 286 g/mol. The molecule has 2 saturated heterocycles. The molecule has 3 rings (SSSR count). The molecule has 0 aromatic rings. The zero-order valence-electron chi connectivity index (χ0n) is 11.4. The van der Waals surface area contributed by atoms with Gasteiger partial charge in [-0.05, 0) is 44.7 Å². The van der Waals surface area contributed by atoms with Gasteiger partial charge in [-0.25, -0.2) is 8.42 Å². The van der Waals surface area contributed by atoms with E-state index in [1.165, 1.54) is 0 Å². The first-order chi connectivity index (χ1) is 8.94. The van der Waals surface area contributed by atoms with Crippen LogP contribution in [0, 0.1) is 11.3 Å². The molecule has 19 heavy (non-hydrogen) atoms. The minimum absolute atomic E-state index is 0.125. The highest BCUT2D eigenvalue weighted by molar-refractivity contribution is 7.91. The number of hydrogen-bond acceptors (Lipinski definition) is 4. The fourth-order valence-corrected chi connectivity index (χ4v) is 5.26. The number of nitrogens with one attached hydrogen (secondary N) is 1. The van der Waals surface area contributed by atoms with Gasteiger partial charge in [0.15, 0.2) is 9.84 Å². The van der Waals surface area contributed by atoms with Crippen molar-refractivity contribution in [2.24, 2.45) is 11.3 Å². The highest BCUT2D eigenvalue weighted by Gasteiger charge is 2.59. The van der Waals surface area contributed by atoms with E-state index in [0.717, 1.165) is 32.4 Å². The van der Waals surface area contributed by atoms with Crippen molar-refractivity contribution in [1.82, 2.24) is 10.2 Å². The van der Waals surface area contributed by atoms with Gasteiger partial charge in [-0.2, -0.15) is 0 Å². The molecule has 0 bridgehead atoms. The van der Waals surface area contributed by atoms with E-state index >= 15 is 0 Å². The number of carbonyl (C=O) groups excluding carboxylic acids is 1. The van der Waals surface area contributed by atoms with E-state index in [1.54, 1.807) is 0 Å². The van der Waals surface area contributed by atoms with Crippen molar-refractivity contribution in [1.29, 1.82) is 0 Å². The smallest absolute Gasteiger partial charge is 0.226 e. The van der Waals surface area contributed by atoms with Gasteiger partial charge in [0.05, 0.1) is 11.5 Å². The second-order valence-electron chi connectivity index (χ2n) is 6.36. The molecule has 2 aliphatic heterocycles. The predicted molar refractivity (Wildman–Crippen MR) is 72.5 cm³/mol. The molecule has 0 aromatic heterocycles. The summed E-state index contributed by atoms with van der Waals surface area (Å²) in [7, 11) is -2.94. The highest BCUT2D eigenvalue weighted by atomic mass is 32.2. The molecule has 1 spiro atoms. The van der Waals surface area contributed by atoms with Crippen molar-refractivity contribution < 1.29 is 13.2 Å². The maximum absolute atomic E-state index is 12.6. The van der Waals surface area contributed by atoms with E-state index < -0.39 is 9.84 Å². The van der Waals surface area contributed by atoms with Crippen LogP contribution in [0.1, 0.15) is 26.2 Å². The molecule has 3 fully saturated rings. The second-order valence-corrected chi connectivity index (χ2v) is 8.59. The molecule has 1 N–H and O–H groups in total. The Morgan fingerprint density at radius 3 is 2.63 bits per heavy atom. The topological polar surface area (TPSA) is 66.5 Å². The Morgan fingerprint density at radius 1 is 1.32 bits per heavy atom. The third kappa shape index (κ3) is 2.40. The van der Waals surface area contributed by atoms with Gasteiger partial charge in [0, 0.05) is 18.5 Å². The van der Waals surface area contributed by atoms with E-state index in [2.05, 4.69) is 5.32 Å². The Labute approximate surface area is 114 Å². The number of hydrogen-bond donors (Lipinski definition) is 1. The lowest BCUT2D eigenvalue weighted by molar-refractivity contribution is -0.135. The first-order valence-corrected chi connectivity index (χ1v) is 8.97. The van der Waals surface area contributed by atoms with Crippen LogP contribution in [0.5, 0.6) is 0 Å². The first-order valence-electron chi connectivity index (χ1n) is 7.15. The van der Waals surface area contributed by atoms with Gasteiger partial charge in [-0.3, -0.25) is 4.79 Å². The Bertz CT molecular complexity index is 482. The fraction of sp³-hybridized carbons (Fsp3) is 0.923. The average molecular weight is 286 g/mol. The number of sulfone groups is 1. The van der Waals surface area contributed by atoms with Crippen LogP contribution < -0.4 is 5.32 Å². The van der Waals surface area contributed by atoms with E-state index in [-0.39, 0.29) is 34.8 Å². The van der Waals surface area contributed by atoms with Crippen molar-refractivity contribution in [2.45, 2.75) is 32.2 Å². The molecule has 1 amide bonds. The lowest BCUT2D eigenvalue weighted by atomic mass is 9.91. The van der Waals surface area contributed by atoms with Crippen LogP contribution in [-0.4, -0.2) is 56.4 Å². The molecule has 2 heterocycles. The summed E-state index contributed by atoms with van der Waals surface area (Å²) < 4.78 is 23.1. The number of nitrogens with zero attached hydrogens (tertiary/aromatic N) is 1. The average Bonchev–Trinajstić information content (AvgIpc) is 3.02. The summed E-state index contributed by atoms with van der Waals surface area (Å²) in [5, 5.41) is 3.33. The minimum atomic E-state index is -2.94. The van der Waals surface area contributed by atoms with E-state index in [9.17, 15) is 13.2 Å². The standard InChI is InChI=1S/C13H22N2O3S/c1-10-9-19(17,18)7-6-15(10)12(16)11-8-13(11)2-4-14-5-3-13/h10-11,14H,2-9H2,1H3. The third-order valence-electron chi connectivity index (χ3n) is 5.04. The molecule has 0 radical (unpaired) electrons. The molecule has 5 nitrogen and oxygen atoms in total. The summed E-state index contributed by atoms with van der Waals surface area (Å²) in [5.74, 6) is 0.604. The molecule has 3 aliphatic rings. The van der Waals surface area contributed by atoms with Crippen molar-refractivity contribution >= 4 is 15.7 Å². The first kappa shape index (κ1) is 13.4. The highest BCUT2D eigenvalue weighted by Crippen LogP contribution is 2.59. The van der Waals surface area contributed by atoms with Gasteiger partial charge in [-0.1, -0.05) is 0 Å². The van der Waals surface area contributed by atoms with Gasteiger partial charge < -0.3 is 10.2 Å². The Balaban J connectivity index is 1.66. The zero-order valence-corrected chi connectivity index (χ0v) is 12.2. The van der Waals surface area contributed by atoms with Crippen molar-refractivity contribution in [3.8, 4) is 0 Å². The number of carbonyl (C=O) groups is 1. The molecule has 1 aliphatic carbocycles. The summed E-state index contributed by atoms with van der Waals surface area (Å²) >= 11 is 0. The molecule has 108 valence electrons. The lowest BCUT2D eigenvalue weighted by Gasteiger charge is -2.34. The normalized spacial score (nSPS) is 36.2. The van der Waals surface area contributed by atoms with Crippen LogP contribution in [0.25, 0.3) is 0 Å². The largest absolute Gasteiger partial charge is 0.338 e. The number of amides is 1. The molecule has 0 aromatic carbocycles. The molecular formula is C13H22N2O3S. The van der Waals surface area contributed by atoms with Crippen LogP contribution in [0.4, 0.5) is 0 Å². The molecular weight excluding hydrogens is 264 g/mol. The molecule has 6 heteroatoms. The molecule has 1 saturated carbocycles. The van der Waals surface area contributed by atoms with E-state index in [4.69, 9.17) is 0 Å². The summed E-state index contributed by atoms with van der Waals surface area (Å²) in [6.07, 6.45) is 3.18. The predicted octanol–water partition coefficient (Wildman–Crippen LogP) is 0.0216. The Hall–Kier alpha value is -0.620. The maximum Gasteiger partial charge on any atom is 0.226 e. The van der Waals surface area contributed by atoms with Gasteiger partial charge in [0.25, 0.3) is 0 Å². The van der Waals surface area contributed by atoms with Gasteiger partial charge in [0.2, 0.25) is 5.91 Å². The summed E-state index contributed by atoms with van der Waals surface area (Å²) in [4.78, 5) is 14.4. The van der Waals surface area contributed by atoms with Crippen molar-refractivity contribution in [3.63, 3.8) is 0 Å². The van der Waals surface area contributed by atoms with Gasteiger partial charge >= 0.3 is 0 Å². The zero-order chi connectivity index (χ0) is 13.7. The van der Waals surface area contributed by atoms with Gasteiger partial charge in [-0.15, -0.1) is 0 Å². The van der Waals surface area contributed by atoms with Crippen LogP contribution >= 0.6 is 0 Å². The maximum atomic E-state index is 12.6. The lowest BCUT2D eigenvalue weighted by Crippen LogP contribution is -2.51. The number of piperidine rings is 1. The van der Waals surface area contributed by atoms with Crippen LogP contribution in [0.3, 0.4) is 0 Å². The summed E-state index contributed by atoms with van der Waals surface area (Å²) in [6, 6.07) is -0.161. The molecule has 2 unspecified atom stereocenters. The third-order valence-corrected chi connectivity index (χ3v) is 6.84. The Kier molecular flexibility index (Phi) is 3.13. The quantitative estimate of drug-likeness (QED) is 0.738. The molecule has 2 atom stereocenters. The fourth-order valence-electron chi connectivity index (χ4n) is 3.70. The van der Waals surface area contributed by atoms with E-state index in [1.807, 2.05) is 11.8 Å². The minimum Gasteiger partial charge on any atom is -0.338 e. The van der Waals surface area contributed by atoms with Crippen LogP contribution in [-0.2, 0) is 14.6 Å². The summed E-state index contributed by atoms with van der Waals surface area (Å²) in [6.45, 7) is 4.25. The van der Waals surface area contributed by atoms with Gasteiger partial charge in [0.1, 0.15) is 0 Å². The van der Waals surface area contributed by atoms with E-state index in [0.29, 0.717) is 6.54 Å². The summed E-state index contributed by atoms with van der Waals surface area (Å²) in [5.41, 5.74) is 0.234. The van der Waals surface area contributed by atoms with Crippen molar-refractivity contribution in [3.05, 3.63) is 0 Å².